The van der Waals surface area contributed by atoms with E-state index in [2.05, 4.69) is 44.6 Å². The predicted octanol–water partition coefficient (Wildman–Crippen LogP) is 2.45. The van der Waals surface area contributed by atoms with E-state index in [0.29, 0.717) is 11.8 Å². The summed E-state index contributed by atoms with van der Waals surface area (Å²) in [5.74, 6) is 1.21. The van der Waals surface area contributed by atoms with Crippen LogP contribution in [0.15, 0.2) is 10.7 Å². The van der Waals surface area contributed by atoms with Crippen molar-refractivity contribution in [3.63, 3.8) is 0 Å². The van der Waals surface area contributed by atoms with E-state index in [0.717, 1.165) is 24.1 Å². The largest absolute Gasteiger partial charge is 0.383 e. The fraction of sp³-hybridized carbons (Fsp3) is 0.600. The highest BCUT2D eigenvalue weighted by Crippen LogP contribution is 2.16. The standard InChI is InChI=1S/C10H17BrN4/c1-3-5-6-15(4-2)10-13-8(11)7-9(12)14-10/h7H,3-6H2,1-2H3,(H2,12,13,14). The van der Waals surface area contributed by atoms with Crippen molar-refractivity contribution in [3.8, 4) is 0 Å². The zero-order valence-electron chi connectivity index (χ0n) is 9.20. The highest BCUT2D eigenvalue weighted by atomic mass is 79.9. The van der Waals surface area contributed by atoms with E-state index in [4.69, 9.17) is 5.73 Å². The maximum atomic E-state index is 5.67. The molecule has 15 heavy (non-hydrogen) atoms. The number of halogens is 1. The third kappa shape index (κ3) is 3.66. The first kappa shape index (κ1) is 12.2. The molecular weight excluding hydrogens is 256 g/mol. The Kier molecular flexibility index (Phi) is 4.81. The van der Waals surface area contributed by atoms with Crippen LogP contribution in [0, 0.1) is 0 Å². The number of hydrogen-bond donors (Lipinski definition) is 1. The Bertz CT molecular complexity index is 296. The van der Waals surface area contributed by atoms with Crippen LogP contribution in [0.3, 0.4) is 0 Å². The molecule has 0 aliphatic rings. The third-order valence-electron chi connectivity index (χ3n) is 2.15. The van der Waals surface area contributed by atoms with Crippen molar-refractivity contribution in [2.75, 3.05) is 23.7 Å². The first-order valence-corrected chi connectivity index (χ1v) is 6.01. The van der Waals surface area contributed by atoms with Crippen LogP contribution in [-0.2, 0) is 0 Å². The second-order valence-corrected chi connectivity index (χ2v) is 4.16. The summed E-state index contributed by atoms with van der Waals surface area (Å²) in [7, 11) is 0. The van der Waals surface area contributed by atoms with E-state index in [-0.39, 0.29) is 0 Å². The highest BCUT2D eigenvalue weighted by molar-refractivity contribution is 9.10. The van der Waals surface area contributed by atoms with Gasteiger partial charge in [0, 0.05) is 19.2 Å². The maximum Gasteiger partial charge on any atom is 0.228 e. The number of hydrogen-bond acceptors (Lipinski definition) is 4. The van der Waals surface area contributed by atoms with Crippen LogP contribution in [0.2, 0.25) is 0 Å². The van der Waals surface area contributed by atoms with Crippen LogP contribution in [0.25, 0.3) is 0 Å². The van der Waals surface area contributed by atoms with E-state index in [1.54, 1.807) is 6.07 Å². The monoisotopic (exact) mass is 272 g/mol. The SMILES string of the molecule is CCCCN(CC)c1nc(N)cc(Br)n1. The van der Waals surface area contributed by atoms with Gasteiger partial charge in [0.25, 0.3) is 0 Å². The van der Waals surface area contributed by atoms with Gasteiger partial charge in [0.2, 0.25) is 5.95 Å². The van der Waals surface area contributed by atoms with Crippen molar-refractivity contribution in [2.24, 2.45) is 0 Å². The molecule has 0 saturated heterocycles. The second kappa shape index (κ2) is 5.90. The molecule has 84 valence electrons. The smallest absolute Gasteiger partial charge is 0.228 e. The molecule has 0 aliphatic heterocycles. The van der Waals surface area contributed by atoms with Gasteiger partial charge in [-0.2, -0.15) is 4.98 Å². The van der Waals surface area contributed by atoms with Crippen molar-refractivity contribution in [1.82, 2.24) is 9.97 Å². The molecule has 5 heteroatoms. The summed E-state index contributed by atoms with van der Waals surface area (Å²) in [6, 6.07) is 1.71. The fourth-order valence-electron chi connectivity index (χ4n) is 1.31. The molecule has 1 heterocycles. The molecule has 0 spiro atoms. The van der Waals surface area contributed by atoms with Gasteiger partial charge in [0.1, 0.15) is 10.4 Å². The minimum Gasteiger partial charge on any atom is -0.383 e. The molecule has 0 fully saturated rings. The zero-order valence-corrected chi connectivity index (χ0v) is 10.8. The van der Waals surface area contributed by atoms with Gasteiger partial charge in [-0.05, 0) is 29.3 Å². The average Bonchev–Trinajstić information content (AvgIpc) is 2.17. The molecule has 4 nitrogen and oxygen atoms in total. The van der Waals surface area contributed by atoms with Crippen molar-refractivity contribution in [2.45, 2.75) is 26.7 Å². The van der Waals surface area contributed by atoms with E-state index >= 15 is 0 Å². The molecule has 0 aliphatic carbocycles. The lowest BCUT2D eigenvalue weighted by atomic mass is 10.3. The van der Waals surface area contributed by atoms with Crippen molar-refractivity contribution in [3.05, 3.63) is 10.7 Å². The predicted molar refractivity (Wildman–Crippen MR) is 66.9 cm³/mol. The number of nitrogen functional groups attached to an aromatic ring is 1. The number of nitrogens with two attached hydrogens (primary N) is 1. The lowest BCUT2D eigenvalue weighted by molar-refractivity contribution is 0.713. The molecule has 0 aromatic carbocycles. The van der Waals surface area contributed by atoms with Crippen LogP contribution in [0.5, 0.6) is 0 Å². The maximum absolute atomic E-state index is 5.67. The van der Waals surface area contributed by atoms with Gasteiger partial charge in [-0.25, -0.2) is 4.98 Å². The molecule has 2 N–H and O–H groups in total. The minimum atomic E-state index is 0.502. The van der Waals surface area contributed by atoms with E-state index < -0.39 is 0 Å². The Labute approximate surface area is 99.0 Å². The van der Waals surface area contributed by atoms with Gasteiger partial charge >= 0.3 is 0 Å². The Hall–Kier alpha value is -0.840. The topological polar surface area (TPSA) is 55.0 Å². The Balaban J connectivity index is 2.81. The van der Waals surface area contributed by atoms with Crippen LogP contribution >= 0.6 is 15.9 Å². The molecule has 0 amide bonds. The van der Waals surface area contributed by atoms with E-state index in [9.17, 15) is 0 Å². The molecule has 0 unspecified atom stereocenters. The summed E-state index contributed by atoms with van der Waals surface area (Å²) in [6.07, 6.45) is 2.31. The molecule has 1 aromatic heterocycles. The first-order valence-electron chi connectivity index (χ1n) is 5.22. The molecule has 0 saturated carbocycles. The molecule has 0 bridgehead atoms. The Morgan fingerprint density at radius 1 is 1.40 bits per heavy atom. The fourth-order valence-corrected chi connectivity index (χ4v) is 1.71. The minimum absolute atomic E-state index is 0.502. The van der Waals surface area contributed by atoms with Gasteiger partial charge in [-0.3, -0.25) is 0 Å². The number of anilines is 2. The first-order chi connectivity index (χ1) is 7.17. The number of rotatable bonds is 5. The second-order valence-electron chi connectivity index (χ2n) is 3.35. The lowest BCUT2D eigenvalue weighted by Crippen LogP contribution is -2.26. The van der Waals surface area contributed by atoms with Gasteiger partial charge in [-0.15, -0.1) is 0 Å². The van der Waals surface area contributed by atoms with Crippen molar-refractivity contribution >= 4 is 27.7 Å². The highest BCUT2D eigenvalue weighted by Gasteiger charge is 2.08. The number of aromatic nitrogens is 2. The zero-order chi connectivity index (χ0) is 11.3. The van der Waals surface area contributed by atoms with Gasteiger partial charge < -0.3 is 10.6 Å². The van der Waals surface area contributed by atoms with Crippen LogP contribution in [0.4, 0.5) is 11.8 Å². The van der Waals surface area contributed by atoms with Gasteiger partial charge in [0.15, 0.2) is 0 Å². The lowest BCUT2D eigenvalue weighted by Gasteiger charge is -2.20. The van der Waals surface area contributed by atoms with Crippen LogP contribution in [-0.4, -0.2) is 23.1 Å². The molecule has 1 aromatic rings. The molecule has 0 atom stereocenters. The normalized spacial score (nSPS) is 10.3. The summed E-state index contributed by atoms with van der Waals surface area (Å²) in [6.45, 7) is 6.14. The number of nitrogens with zero attached hydrogens (tertiary/aromatic N) is 3. The van der Waals surface area contributed by atoms with Crippen LogP contribution in [0.1, 0.15) is 26.7 Å². The summed E-state index contributed by atoms with van der Waals surface area (Å²) < 4.78 is 0.736. The van der Waals surface area contributed by atoms with Crippen molar-refractivity contribution < 1.29 is 0 Å². The van der Waals surface area contributed by atoms with Gasteiger partial charge in [0.05, 0.1) is 0 Å². The van der Waals surface area contributed by atoms with E-state index in [1.165, 1.54) is 6.42 Å². The summed E-state index contributed by atoms with van der Waals surface area (Å²) in [5.41, 5.74) is 5.67. The Morgan fingerprint density at radius 3 is 2.67 bits per heavy atom. The molecular formula is C10H17BrN4. The summed E-state index contributed by atoms with van der Waals surface area (Å²) >= 11 is 3.32. The van der Waals surface area contributed by atoms with E-state index in [1.807, 2.05) is 0 Å². The Morgan fingerprint density at radius 2 is 2.13 bits per heavy atom. The number of unbranched alkanes of at least 4 members (excludes halogenated alkanes) is 1. The third-order valence-corrected chi connectivity index (χ3v) is 2.56. The summed E-state index contributed by atoms with van der Waals surface area (Å²) in [4.78, 5) is 10.7. The molecule has 0 radical (unpaired) electrons. The van der Waals surface area contributed by atoms with Gasteiger partial charge in [-0.1, -0.05) is 13.3 Å². The van der Waals surface area contributed by atoms with Crippen molar-refractivity contribution in [1.29, 1.82) is 0 Å². The quantitative estimate of drug-likeness (QED) is 0.837. The molecule has 1 rings (SSSR count). The van der Waals surface area contributed by atoms with Crippen LogP contribution < -0.4 is 10.6 Å². The average molecular weight is 273 g/mol. The summed E-state index contributed by atoms with van der Waals surface area (Å²) in [5, 5.41) is 0.